The average Bonchev–Trinajstić information content (AvgIpc) is 3.35. The topological polar surface area (TPSA) is 69.8 Å². The summed E-state index contributed by atoms with van der Waals surface area (Å²) in [6, 6.07) is 11.4. The van der Waals surface area contributed by atoms with Gasteiger partial charge in [-0.05, 0) is 42.7 Å². The van der Waals surface area contributed by atoms with Crippen LogP contribution < -0.4 is 10.1 Å². The van der Waals surface area contributed by atoms with E-state index >= 15 is 0 Å². The molecule has 2 aromatic carbocycles. The highest BCUT2D eigenvalue weighted by atomic mass is 35.5. The van der Waals surface area contributed by atoms with E-state index in [2.05, 4.69) is 10.3 Å². The van der Waals surface area contributed by atoms with Crippen LogP contribution in [0.2, 0.25) is 15.2 Å². The molecule has 5 rings (SSSR count). The fourth-order valence-electron chi connectivity index (χ4n) is 4.18. The van der Waals surface area contributed by atoms with Gasteiger partial charge in [0.25, 0.3) is 0 Å². The maximum atomic E-state index is 6.53. The van der Waals surface area contributed by atoms with Crippen molar-refractivity contribution in [2.75, 3.05) is 12.4 Å². The van der Waals surface area contributed by atoms with Gasteiger partial charge in [-0.2, -0.15) is 4.98 Å². The van der Waals surface area contributed by atoms with Gasteiger partial charge in [0.2, 0.25) is 5.95 Å². The van der Waals surface area contributed by atoms with Gasteiger partial charge in [0, 0.05) is 40.5 Å². The van der Waals surface area contributed by atoms with Gasteiger partial charge in [0.1, 0.15) is 23.1 Å². The van der Waals surface area contributed by atoms with Gasteiger partial charge in [-0.25, -0.2) is 9.67 Å². The second-order valence-corrected chi connectivity index (χ2v) is 9.08. The summed E-state index contributed by atoms with van der Waals surface area (Å²) >= 11 is 18.6. The molecule has 4 aromatic rings. The fourth-order valence-corrected chi connectivity index (χ4v) is 4.86. The Kier molecular flexibility index (Phi) is 6.19. The Morgan fingerprint density at radius 2 is 1.97 bits per heavy atom. The Morgan fingerprint density at radius 3 is 2.73 bits per heavy atom. The number of methoxy groups -OCH3 is 1. The van der Waals surface area contributed by atoms with Gasteiger partial charge < -0.3 is 14.6 Å². The monoisotopic (exact) mass is 502 g/mol. The first-order valence-corrected chi connectivity index (χ1v) is 11.7. The molecule has 1 N–H and O–H groups in total. The second-order valence-electron chi connectivity index (χ2n) is 7.85. The number of ether oxygens (including phenoxy) is 1. The number of imidazole rings is 1. The lowest BCUT2D eigenvalue weighted by Gasteiger charge is -2.16. The van der Waals surface area contributed by atoms with E-state index < -0.39 is 0 Å². The number of aryl methyl sites for hydroxylation is 1. The Bertz CT molecular complexity index is 1300. The van der Waals surface area contributed by atoms with E-state index in [1.165, 1.54) is 0 Å². The quantitative estimate of drug-likeness (QED) is 0.337. The molecule has 7 nitrogen and oxygen atoms in total. The standard InChI is InChI=1S/C23H21Cl3N6O/c1-33-20-11-15(6-8-19(20)31-12-21(26)27-13-31)28-23-29-22-17(4-2-3-9-32(22)30-23)16-7-5-14(24)10-18(16)25/h5-8,10-13,17H,2-4,9H2,1H3,(H,28,30)/t17-/m1/s1. The molecule has 0 fully saturated rings. The van der Waals surface area contributed by atoms with Crippen molar-refractivity contribution in [3.05, 3.63) is 75.5 Å². The lowest BCUT2D eigenvalue weighted by Crippen LogP contribution is -2.09. The van der Waals surface area contributed by atoms with Crippen molar-refractivity contribution in [3.8, 4) is 11.4 Å². The van der Waals surface area contributed by atoms with Crippen LogP contribution in [-0.4, -0.2) is 31.4 Å². The van der Waals surface area contributed by atoms with Crippen LogP contribution in [0.3, 0.4) is 0 Å². The third-order valence-electron chi connectivity index (χ3n) is 5.73. The molecular formula is C23H21Cl3N6O. The molecule has 1 aliphatic rings. The summed E-state index contributed by atoms with van der Waals surface area (Å²) in [4.78, 5) is 8.91. The van der Waals surface area contributed by atoms with E-state index in [1.54, 1.807) is 25.7 Å². The molecule has 10 heteroatoms. The molecule has 0 amide bonds. The first kappa shape index (κ1) is 22.1. The highest BCUT2D eigenvalue weighted by Gasteiger charge is 2.26. The molecule has 2 aromatic heterocycles. The minimum Gasteiger partial charge on any atom is -0.494 e. The summed E-state index contributed by atoms with van der Waals surface area (Å²) < 4.78 is 9.36. The average molecular weight is 504 g/mol. The predicted octanol–water partition coefficient (Wildman–Crippen LogP) is 6.49. The number of halogens is 3. The van der Waals surface area contributed by atoms with Crippen molar-refractivity contribution in [1.82, 2.24) is 24.3 Å². The molecule has 0 bridgehead atoms. The van der Waals surface area contributed by atoms with Crippen LogP contribution in [0, 0.1) is 0 Å². The van der Waals surface area contributed by atoms with Crippen molar-refractivity contribution in [2.24, 2.45) is 0 Å². The summed E-state index contributed by atoms with van der Waals surface area (Å²) in [6.07, 6.45) is 6.43. The van der Waals surface area contributed by atoms with Crippen molar-refractivity contribution in [2.45, 2.75) is 31.7 Å². The van der Waals surface area contributed by atoms with Crippen molar-refractivity contribution in [1.29, 1.82) is 0 Å². The van der Waals surface area contributed by atoms with Gasteiger partial charge in [0.15, 0.2) is 0 Å². The normalized spacial score (nSPS) is 15.7. The van der Waals surface area contributed by atoms with Crippen LogP contribution >= 0.6 is 34.8 Å². The van der Waals surface area contributed by atoms with Crippen LogP contribution in [0.15, 0.2) is 48.9 Å². The summed E-state index contributed by atoms with van der Waals surface area (Å²) in [5, 5.41) is 9.72. The number of rotatable bonds is 5. The third-order valence-corrected chi connectivity index (χ3v) is 6.49. The Hall–Kier alpha value is -2.74. The fraction of sp³-hybridized carbons (Fsp3) is 0.261. The highest BCUT2D eigenvalue weighted by Crippen LogP contribution is 2.37. The van der Waals surface area contributed by atoms with Crippen LogP contribution in [0.4, 0.5) is 11.6 Å². The summed E-state index contributed by atoms with van der Waals surface area (Å²) in [6.45, 7) is 0.815. The Labute approximate surface area is 206 Å². The molecule has 0 saturated carbocycles. The lowest BCUT2D eigenvalue weighted by molar-refractivity contribution is 0.413. The molecule has 33 heavy (non-hydrogen) atoms. The molecule has 0 unspecified atom stereocenters. The second kappa shape index (κ2) is 9.25. The highest BCUT2D eigenvalue weighted by molar-refractivity contribution is 6.35. The number of nitrogens with one attached hydrogen (secondary N) is 1. The largest absolute Gasteiger partial charge is 0.494 e. The minimum absolute atomic E-state index is 0.0585. The predicted molar refractivity (Wildman–Crippen MR) is 131 cm³/mol. The molecule has 0 radical (unpaired) electrons. The van der Waals surface area contributed by atoms with Gasteiger partial charge >= 0.3 is 0 Å². The van der Waals surface area contributed by atoms with Crippen LogP contribution in [0.25, 0.3) is 5.69 Å². The van der Waals surface area contributed by atoms with Crippen LogP contribution in [-0.2, 0) is 6.54 Å². The molecule has 1 aliphatic heterocycles. The molecule has 3 heterocycles. The zero-order chi connectivity index (χ0) is 22.9. The van der Waals surface area contributed by atoms with Crippen molar-refractivity contribution < 1.29 is 4.74 Å². The molecule has 170 valence electrons. The number of hydrogen-bond donors (Lipinski definition) is 1. The van der Waals surface area contributed by atoms with E-state index in [0.29, 0.717) is 26.9 Å². The maximum Gasteiger partial charge on any atom is 0.246 e. The molecule has 0 saturated heterocycles. The lowest BCUT2D eigenvalue weighted by atomic mass is 9.93. The number of fused-ring (bicyclic) bond motifs is 1. The van der Waals surface area contributed by atoms with E-state index in [-0.39, 0.29) is 5.92 Å². The molecule has 1 atom stereocenters. The minimum atomic E-state index is 0.0585. The van der Waals surface area contributed by atoms with E-state index in [9.17, 15) is 0 Å². The molecular weight excluding hydrogens is 483 g/mol. The maximum absolute atomic E-state index is 6.53. The van der Waals surface area contributed by atoms with Crippen LogP contribution in [0.5, 0.6) is 5.75 Å². The van der Waals surface area contributed by atoms with Crippen molar-refractivity contribution in [3.63, 3.8) is 0 Å². The smallest absolute Gasteiger partial charge is 0.246 e. The SMILES string of the molecule is COc1cc(Nc2nc3n(n2)CCCC[C@@H]3c2ccc(Cl)cc2Cl)ccc1-n1cnc(Cl)c1. The summed E-state index contributed by atoms with van der Waals surface area (Å²) in [5.74, 6) is 2.15. The molecule has 0 aliphatic carbocycles. The first-order valence-electron chi connectivity index (χ1n) is 10.6. The van der Waals surface area contributed by atoms with Gasteiger partial charge in [-0.15, -0.1) is 5.10 Å². The number of nitrogens with zero attached hydrogens (tertiary/aromatic N) is 5. The number of benzene rings is 2. The third kappa shape index (κ3) is 4.53. The van der Waals surface area contributed by atoms with Crippen LogP contribution in [0.1, 0.15) is 36.6 Å². The summed E-state index contributed by atoms with van der Waals surface area (Å²) in [5.41, 5.74) is 2.66. The number of hydrogen-bond acceptors (Lipinski definition) is 5. The summed E-state index contributed by atoms with van der Waals surface area (Å²) in [7, 11) is 1.62. The first-order chi connectivity index (χ1) is 16.0. The van der Waals surface area contributed by atoms with Gasteiger partial charge in [0.05, 0.1) is 12.8 Å². The number of anilines is 2. The van der Waals surface area contributed by atoms with E-state index in [1.807, 2.05) is 39.6 Å². The van der Waals surface area contributed by atoms with E-state index in [0.717, 1.165) is 48.6 Å². The Balaban J connectivity index is 1.45. The van der Waals surface area contributed by atoms with Crippen molar-refractivity contribution >= 4 is 46.4 Å². The zero-order valence-corrected chi connectivity index (χ0v) is 20.1. The zero-order valence-electron chi connectivity index (χ0n) is 17.8. The van der Waals surface area contributed by atoms with Gasteiger partial charge in [-0.3, -0.25) is 0 Å². The molecule has 0 spiro atoms. The Morgan fingerprint density at radius 1 is 1.09 bits per heavy atom. The number of aromatic nitrogens is 5. The van der Waals surface area contributed by atoms with Gasteiger partial charge in [-0.1, -0.05) is 47.3 Å². The van der Waals surface area contributed by atoms with E-state index in [4.69, 9.17) is 49.6 Å².